The van der Waals surface area contributed by atoms with E-state index in [4.69, 9.17) is 0 Å². The predicted molar refractivity (Wildman–Crippen MR) is 97.4 cm³/mol. The van der Waals surface area contributed by atoms with Crippen LogP contribution in [0.2, 0.25) is 0 Å². The van der Waals surface area contributed by atoms with Gasteiger partial charge in [-0.25, -0.2) is 8.78 Å². The fraction of sp³-hybridized carbons (Fsp3) is 0.0500. The zero-order valence-corrected chi connectivity index (χ0v) is 14.6. The van der Waals surface area contributed by atoms with Gasteiger partial charge in [-0.05, 0) is 33.1 Å². The summed E-state index contributed by atoms with van der Waals surface area (Å²) in [7, 11) is 0. The summed E-state index contributed by atoms with van der Waals surface area (Å²) in [6, 6.07) is 20.3. The molecule has 0 heterocycles. The maximum Gasteiger partial charge on any atom is 0.236 e. The van der Waals surface area contributed by atoms with E-state index in [1.165, 1.54) is 0 Å². The number of anilines is 1. The highest BCUT2D eigenvalue weighted by Crippen LogP contribution is 2.30. The number of carbonyl (C=O) groups excluding carboxylic acids is 1. The van der Waals surface area contributed by atoms with Gasteiger partial charge in [-0.3, -0.25) is 4.79 Å². The van der Waals surface area contributed by atoms with Crippen LogP contribution in [0.4, 0.5) is 14.5 Å². The van der Waals surface area contributed by atoms with Crippen molar-refractivity contribution in [3.63, 3.8) is 0 Å². The van der Waals surface area contributed by atoms with E-state index in [1.54, 1.807) is 0 Å². The van der Waals surface area contributed by atoms with E-state index < -0.39 is 23.5 Å². The van der Waals surface area contributed by atoms with Gasteiger partial charge in [0.2, 0.25) is 5.91 Å². The van der Waals surface area contributed by atoms with Gasteiger partial charge in [0, 0.05) is 10.5 Å². The molecule has 3 aromatic rings. The molecule has 0 aliphatic heterocycles. The van der Waals surface area contributed by atoms with Crippen molar-refractivity contribution in [3.8, 4) is 0 Å². The first-order chi connectivity index (χ1) is 12.1. The zero-order chi connectivity index (χ0) is 17.8. The molecule has 0 radical (unpaired) electrons. The largest absolute Gasteiger partial charge is 0.322 e. The summed E-state index contributed by atoms with van der Waals surface area (Å²) < 4.78 is 27.5. The van der Waals surface area contributed by atoms with Crippen molar-refractivity contribution >= 4 is 27.5 Å². The number of amides is 1. The quantitative estimate of drug-likeness (QED) is 0.614. The van der Waals surface area contributed by atoms with Crippen molar-refractivity contribution in [2.75, 3.05) is 5.32 Å². The third kappa shape index (κ3) is 3.94. The molecule has 0 aliphatic carbocycles. The standard InChI is InChI=1S/C20H14BrF2NO/c21-16-11-15(22)12-17(23)19(16)24-20(25)18(13-7-3-1-4-8-13)14-9-5-2-6-10-14/h1-12,18H,(H,24,25). The Bertz CT molecular complexity index is 822. The van der Waals surface area contributed by atoms with Gasteiger partial charge >= 0.3 is 0 Å². The summed E-state index contributed by atoms with van der Waals surface area (Å²) in [6.07, 6.45) is 0. The van der Waals surface area contributed by atoms with Crippen LogP contribution in [-0.4, -0.2) is 5.91 Å². The Morgan fingerprint density at radius 3 is 1.88 bits per heavy atom. The Morgan fingerprint density at radius 2 is 1.40 bits per heavy atom. The Kier molecular flexibility index (Phi) is 5.24. The molecule has 0 aromatic heterocycles. The number of halogens is 3. The van der Waals surface area contributed by atoms with Crippen molar-refractivity contribution in [1.82, 2.24) is 0 Å². The lowest BCUT2D eigenvalue weighted by molar-refractivity contribution is -0.116. The molecule has 1 N–H and O–H groups in total. The smallest absolute Gasteiger partial charge is 0.236 e. The van der Waals surface area contributed by atoms with Crippen LogP contribution < -0.4 is 5.32 Å². The third-order valence-corrected chi connectivity index (χ3v) is 4.41. The van der Waals surface area contributed by atoms with Crippen molar-refractivity contribution in [2.45, 2.75) is 5.92 Å². The van der Waals surface area contributed by atoms with E-state index >= 15 is 0 Å². The van der Waals surface area contributed by atoms with Crippen LogP contribution in [0.3, 0.4) is 0 Å². The summed E-state index contributed by atoms with van der Waals surface area (Å²) in [6.45, 7) is 0. The van der Waals surface area contributed by atoms with E-state index in [-0.39, 0.29) is 10.2 Å². The lowest BCUT2D eigenvalue weighted by Gasteiger charge is -2.18. The van der Waals surface area contributed by atoms with Crippen LogP contribution in [0.15, 0.2) is 77.3 Å². The maximum atomic E-state index is 14.1. The number of hydrogen-bond donors (Lipinski definition) is 1. The van der Waals surface area contributed by atoms with Crippen LogP contribution in [0.25, 0.3) is 0 Å². The van der Waals surface area contributed by atoms with Gasteiger partial charge in [0.05, 0.1) is 11.6 Å². The minimum absolute atomic E-state index is 0.0803. The van der Waals surface area contributed by atoms with Crippen molar-refractivity contribution in [3.05, 3.63) is 100 Å². The number of carbonyl (C=O) groups is 1. The molecule has 25 heavy (non-hydrogen) atoms. The average molecular weight is 402 g/mol. The van der Waals surface area contributed by atoms with E-state index in [0.717, 1.165) is 23.3 Å². The first kappa shape index (κ1) is 17.3. The molecule has 2 nitrogen and oxygen atoms in total. The second-order valence-corrected chi connectivity index (χ2v) is 6.34. The molecule has 0 spiro atoms. The van der Waals surface area contributed by atoms with E-state index in [9.17, 15) is 13.6 Å². The molecule has 0 aliphatic rings. The summed E-state index contributed by atoms with van der Waals surface area (Å²) in [5.41, 5.74) is 1.48. The Hall–Kier alpha value is -2.53. The lowest BCUT2D eigenvalue weighted by atomic mass is 9.90. The zero-order valence-electron chi connectivity index (χ0n) is 13.0. The maximum absolute atomic E-state index is 14.1. The van der Waals surface area contributed by atoms with Crippen molar-refractivity contribution in [2.24, 2.45) is 0 Å². The average Bonchev–Trinajstić information content (AvgIpc) is 2.60. The van der Waals surface area contributed by atoms with Gasteiger partial charge in [-0.2, -0.15) is 0 Å². The summed E-state index contributed by atoms with van der Waals surface area (Å²) in [5.74, 6) is -2.56. The summed E-state index contributed by atoms with van der Waals surface area (Å²) >= 11 is 3.09. The minimum atomic E-state index is -0.833. The van der Waals surface area contributed by atoms with Crippen molar-refractivity contribution < 1.29 is 13.6 Å². The molecule has 3 aromatic carbocycles. The Balaban J connectivity index is 1.99. The molecule has 0 fully saturated rings. The molecular formula is C20H14BrF2NO. The van der Waals surface area contributed by atoms with Crippen molar-refractivity contribution in [1.29, 1.82) is 0 Å². The molecule has 0 bridgehead atoms. The van der Waals surface area contributed by atoms with Crippen LogP contribution in [0.5, 0.6) is 0 Å². The van der Waals surface area contributed by atoms with Gasteiger partial charge in [-0.15, -0.1) is 0 Å². The third-order valence-electron chi connectivity index (χ3n) is 3.78. The van der Waals surface area contributed by atoms with E-state index in [0.29, 0.717) is 0 Å². The van der Waals surface area contributed by atoms with Gasteiger partial charge in [-0.1, -0.05) is 60.7 Å². The highest BCUT2D eigenvalue weighted by molar-refractivity contribution is 9.10. The minimum Gasteiger partial charge on any atom is -0.322 e. The predicted octanol–water partition coefficient (Wildman–Crippen LogP) is 5.50. The second kappa shape index (κ2) is 7.57. The van der Waals surface area contributed by atoms with Gasteiger partial charge in [0.15, 0.2) is 5.82 Å². The molecule has 0 saturated carbocycles. The highest BCUT2D eigenvalue weighted by Gasteiger charge is 2.24. The molecule has 1 amide bonds. The fourth-order valence-electron chi connectivity index (χ4n) is 2.64. The molecule has 3 rings (SSSR count). The molecular weight excluding hydrogens is 388 g/mol. The first-order valence-electron chi connectivity index (χ1n) is 7.61. The van der Waals surface area contributed by atoms with Gasteiger partial charge in [0.1, 0.15) is 5.82 Å². The molecule has 0 unspecified atom stereocenters. The van der Waals surface area contributed by atoms with Gasteiger partial charge < -0.3 is 5.32 Å². The van der Waals surface area contributed by atoms with E-state index in [1.807, 2.05) is 60.7 Å². The normalized spacial score (nSPS) is 10.7. The first-order valence-corrected chi connectivity index (χ1v) is 8.41. The monoisotopic (exact) mass is 401 g/mol. The number of nitrogens with one attached hydrogen (secondary N) is 1. The Morgan fingerprint density at radius 1 is 0.880 bits per heavy atom. The number of rotatable bonds is 4. The Labute approximate surface area is 152 Å². The topological polar surface area (TPSA) is 29.1 Å². The van der Waals surface area contributed by atoms with Crippen LogP contribution in [-0.2, 0) is 4.79 Å². The molecule has 0 atom stereocenters. The summed E-state index contributed by atoms with van der Waals surface area (Å²) in [4.78, 5) is 12.9. The lowest BCUT2D eigenvalue weighted by Crippen LogP contribution is -2.23. The summed E-state index contributed by atoms with van der Waals surface area (Å²) in [5, 5.41) is 2.58. The SMILES string of the molecule is O=C(Nc1c(F)cc(F)cc1Br)C(c1ccccc1)c1ccccc1. The molecule has 0 saturated heterocycles. The number of hydrogen-bond acceptors (Lipinski definition) is 1. The number of benzene rings is 3. The molecule has 5 heteroatoms. The van der Waals surface area contributed by atoms with Gasteiger partial charge in [0.25, 0.3) is 0 Å². The molecule has 126 valence electrons. The van der Waals surface area contributed by atoms with Crippen LogP contribution in [0, 0.1) is 11.6 Å². The van der Waals surface area contributed by atoms with Crippen LogP contribution >= 0.6 is 15.9 Å². The highest BCUT2D eigenvalue weighted by atomic mass is 79.9. The fourth-order valence-corrected chi connectivity index (χ4v) is 3.15. The van der Waals surface area contributed by atoms with Crippen LogP contribution in [0.1, 0.15) is 17.0 Å². The van der Waals surface area contributed by atoms with E-state index in [2.05, 4.69) is 21.2 Å². The second-order valence-electron chi connectivity index (χ2n) is 5.49.